The van der Waals surface area contributed by atoms with Crippen LogP contribution < -0.4 is 14.9 Å². The van der Waals surface area contributed by atoms with Crippen molar-refractivity contribution in [3.8, 4) is 17.4 Å². The highest BCUT2D eigenvalue weighted by Crippen LogP contribution is 2.36. The number of ether oxygens (including phenoxy) is 2. The van der Waals surface area contributed by atoms with E-state index < -0.39 is 28.9 Å². The van der Waals surface area contributed by atoms with Crippen LogP contribution in [0.2, 0.25) is 0 Å². The molecule has 0 saturated carbocycles. The van der Waals surface area contributed by atoms with Crippen LogP contribution in [0, 0.1) is 6.92 Å². The van der Waals surface area contributed by atoms with Gasteiger partial charge in [-0.1, -0.05) is 37.6 Å². The minimum atomic E-state index is -1.60. The van der Waals surface area contributed by atoms with E-state index in [0.29, 0.717) is 40.6 Å². The highest BCUT2D eigenvalue weighted by Gasteiger charge is 2.23. The molecule has 2 aromatic heterocycles. The molecule has 0 unspecified atom stereocenters. The first-order valence-electron chi connectivity index (χ1n) is 15.3. The van der Waals surface area contributed by atoms with Crippen LogP contribution in [0.5, 0.6) is 17.4 Å². The molecular formula is C36H38O10S. The van der Waals surface area contributed by atoms with Gasteiger partial charge in [0, 0.05) is 10.5 Å². The molecule has 2 aromatic carbocycles. The summed E-state index contributed by atoms with van der Waals surface area (Å²) in [6.07, 6.45) is 10.5. The molecule has 248 valence electrons. The van der Waals surface area contributed by atoms with Crippen molar-refractivity contribution in [2.24, 2.45) is 0 Å². The smallest absolute Gasteiger partial charge is 0.507 e. The largest absolute Gasteiger partial charge is 0.513 e. The monoisotopic (exact) mass is 662 g/mol. The maximum atomic E-state index is 12.4. The fourth-order valence-corrected chi connectivity index (χ4v) is 5.95. The molecule has 11 heteroatoms. The summed E-state index contributed by atoms with van der Waals surface area (Å²) >= 11 is 1.32. The number of aliphatic hydroxyl groups is 1. The Morgan fingerprint density at radius 3 is 2.60 bits per heavy atom. The first-order chi connectivity index (χ1) is 22.6. The molecule has 47 heavy (non-hydrogen) atoms. The summed E-state index contributed by atoms with van der Waals surface area (Å²) in [5, 5.41) is 30.4. The third-order valence-electron chi connectivity index (χ3n) is 7.18. The van der Waals surface area contributed by atoms with Gasteiger partial charge in [-0.25, -0.2) is 4.79 Å². The molecule has 3 N–H and O–H groups in total. The number of hydrogen-bond acceptors (Lipinski definition) is 10. The number of carbonyl (C=O) groups excluding carboxylic acids is 1. The summed E-state index contributed by atoms with van der Waals surface area (Å²) in [5.41, 5.74) is 1.55. The van der Waals surface area contributed by atoms with E-state index in [0.717, 1.165) is 37.3 Å². The molecule has 0 radical (unpaired) electrons. The first-order valence-corrected chi connectivity index (χ1v) is 16.2. The molecule has 0 aliphatic carbocycles. The molecule has 0 aliphatic rings. The van der Waals surface area contributed by atoms with Crippen LogP contribution in [-0.4, -0.2) is 39.1 Å². The molecule has 10 nitrogen and oxygen atoms in total. The second-order valence-corrected chi connectivity index (χ2v) is 12.2. The van der Waals surface area contributed by atoms with Gasteiger partial charge < -0.3 is 33.6 Å². The number of hydrogen-bond donors (Lipinski definition) is 3. The number of thioether (sulfide) groups is 1. The number of carboxylic acid groups (broad SMARTS) is 1. The van der Waals surface area contributed by atoms with Crippen molar-refractivity contribution < 1.29 is 43.2 Å². The SMILES string of the molecule is CCCc1c(OCCCC/C=C\C=C\[C@H](Sc2ccc3c(=O)cc(OC(=O)O)oc3c2)[C@H](O)c2cc(C)co2)ccc(C(C)=O)c1O. The van der Waals surface area contributed by atoms with Crippen molar-refractivity contribution in [3.63, 3.8) is 0 Å². The Bertz CT molecular complexity index is 1820. The van der Waals surface area contributed by atoms with Gasteiger partial charge in [-0.2, -0.15) is 0 Å². The van der Waals surface area contributed by atoms with Crippen LogP contribution in [-0.2, 0) is 6.42 Å². The zero-order valence-corrected chi connectivity index (χ0v) is 27.2. The summed E-state index contributed by atoms with van der Waals surface area (Å²) in [5.74, 6) is 0.394. The molecule has 0 amide bonds. The average Bonchev–Trinajstić information content (AvgIpc) is 3.46. The first kappa shape index (κ1) is 35.1. The van der Waals surface area contributed by atoms with Crippen molar-refractivity contribution in [3.05, 3.63) is 106 Å². The Balaban J connectivity index is 1.37. The predicted molar refractivity (Wildman–Crippen MR) is 179 cm³/mol. The maximum absolute atomic E-state index is 12.4. The molecule has 0 bridgehead atoms. The number of benzene rings is 2. The third-order valence-corrected chi connectivity index (χ3v) is 8.39. The minimum absolute atomic E-state index is 0.00188. The van der Waals surface area contributed by atoms with E-state index in [9.17, 15) is 24.6 Å². The quantitative estimate of drug-likeness (QED) is 0.0349. The number of allylic oxidation sites excluding steroid dienone is 3. The number of aryl methyl sites for hydroxylation is 1. The van der Waals surface area contributed by atoms with Crippen molar-refractivity contribution >= 4 is 34.7 Å². The fraction of sp³-hybridized carbons (Fsp3) is 0.306. The van der Waals surface area contributed by atoms with E-state index >= 15 is 0 Å². The second kappa shape index (κ2) is 16.7. The van der Waals surface area contributed by atoms with Gasteiger partial charge in [-0.05, 0) is 81.5 Å². The van der Waals surface area contributed by atoms with Crippen molar-refractivity contribution in [1.82, 2.24) is 0 Å². The van der Waals surface area contributed by atoms with Crippen LogP contribution in [0.3, 0.4) is 0 Å². The molecular weight excluding hydrogens is 624 g/mol. The number of Topliss-reactive ketones (excluding diaryl/α,β-unsaturated/α-hetero) is 1. The number of ketones is 1. The van der Waals surface area contributed by atoms with E-state index in [1.165, 1.54) is 18.7 Å². The summed E-state index contributed by atoms with van der Waals surface area (Å²) in [6, 6.07) is 11.0. The summed E-state index contributed by atoms with van der Waals surface area (Å²) in [6.45, 7) is 5.78. The Labute approximate surface area is 276 Å². The number of phenols is 1. The fourth-order valence-electron chi connectivity index (χ4n) is 4.88. The molecule has 2 heterocycles. The Morgan fingerprint density at radius 1 is 1.09 bits per heavy atom. The number of phenolic OH excluding ortho intramolecular Hbond substituents is 1. The van der Waals surface area contributed by atoms with Gasteiger partial charge in [0.25, 0.3) is 5.95 Å². The van der Waals surface area contributed by atoms with Crippen LogP contribution in [0.4, 0.5) is 4.79 Å². The lowest BCUT2D eigenvalue weighted by Gasteiger charge is -2.18. The predicted octanol–water partition coefficient (Wildman–Crippen LogP) is 8.17. The zero-order valence-electron chi connectivity index (χ0n) is 26.4. The summed E-state index contributed by atoms with van der Waals surface area (Å²) < 4.78 is 21.5. The number of furan rings is 1. The Kier molecular flexibility index (Phi) is 12.5. The van der Waals surface area contributed by atoms with E-state index in [-0.39, 0.29) is 22.5 Å². The van der Waals surface area contributed by atoms with Crippen molar-refractivity contribution in [2.45, 2.75) is 69.1 Å². The molecule has 0 saturated heterocycles. The second-order valence-electron chi connectivity index (χ2n) is 10.9. The molecule has 0 spiro atoms. The summed E-state index contributed by atoms with van der Waals surface area (Å²) in [7, 11) is 0. The molecule has 4 aromatic rings. The number of aliphatic hydroxyl groups excluding tert-OH is 1. The standard InChI is InChI=1S/C36H38O10S/c1-4-11-27-29(16-15-25(23(3)37)34(27)39)43-17-10-8-6-5-7-9-12-32(35(40)31-18-22(2)21-44-31)47-24-13-14-26-28(38)20-33(46-36(41)42)45-30(26)19-24/h5,7,9,12-16,18-21,32,35,39-40H,4,6,8,10-11,17H2,1-3H3,(H,41,42)/b7-5-,12-9+/t32-,35+/m0/s1. The van der Waals surface area contributed by atoms with Gasteiger partial charge in [0.1, 0.15) is 28.9 Å². The van der Waals surface area contributed by atoms with E-state index in [2.05, 4.69) is 4.74 Å². The lowest BCUT2D eigenvalue weighted by atomic mass is 10.0. The lowest BCUT2D eigenvalue weighted by Crippen LogP contribution is -2.12. The number of carbonyl (C=O) groups is 2. The lowest BCUT2D eigenvalue weighted by molar-refractivity contribution is 0.101. The number of rotatable bonds is 16. The third kappa shape index (κ3) is 9.63. The Morgan fingerprint density at radius 2 is 1.89 bits per heavy atom. The Hall–Kier alpha value is -4.74. The number of aromatic hydroxyl groups is 1. The van der Waals surface area contributed by atoms with E-state index in [1.54, 1.807) is 42.7 Å². The van der Waals surface area contributed by atoms with Gasteiger partial charge >= 0.3 is 6.16 Å². The topological polar surface area (TPSA) is 157 Å². The van der Waals surface area contributed by atoms with E-state index in [4.69, 9.17) is 18.7 Å². The van der Waals surface area contributed by atoms with E-state index in [1.807, 2.05) is 38.2 Å². The number of fused-ring (bicyclic) bond motifs is 1. The highest BCUT2D eigenvalue weighted by molar-refractivity contribution is 8.00. The molecule has 0 fully saturated rings. The van der Waals surface area contributed by atoms with Crippen LogP contribution in [0.15, 0.2) is 91.6 Å². The van der Waals surface area contributed by atoms with Gasteiger partial charge in [0.05, 0.1) is 35.1 Å². The van der Waals surface area contributed by atoms with Gasteiger partial charge in [0.2, 0.25) is 0 Å². The molecule has 4 rings (SSSR count). The zero-order chi connectivity index (χ0) is 33.9. The minimum Gasteiger partial charge on any atom is -0.507 e. The maximum Gasteiger partial charge on any atom is 0.513 e. The molecule has 2 atom stereocenters. The number of unbranched alkanes of at least 4 members (excludes halogenated alkanes) is 2. The van der Waals surface area contributed by atoms with Crippen LogP contribution in [0.25, 0.3) is 11.0 Å². The van der Waals surface area contributed by atoms with Crippen LogP contribution in [0.1, 0.15) is 72.9 Å². The van der Waals surface area contributed by atoms with Crippen molar-refractivity contribution in [1.29, 1.82) is 0 Å². The van der Waals surface area contributed by atoms with Crippen LogP contribution >= 0.6 is 11.8 Å². The van der Waals surface area contributed by atoms with Gasteiger partial charge in [-0.3, -0.25) is 9.59 Å². The normalized spacial score (nSPS) is 12.9. The van der Waals surface area contributed by atoms with Gasteiger partial charge in [-0.15, -0.1) is 11.8 Å². The average molecular weight is 663 g/mol. The summed E-state index contributed by atoms with van der Waals surface area (Å²) in [4.78, 5) is 35.8. The molecule has 0 aliphatic heterocycles. The van der Waals surface area contributed by atoms with Gasteiger partial charge in [0.15, 0.2) is 11.2 Å². The van der Waals surface area contributed by atoms with Crippen molar-refractivity contribution in [2.75, 3.05) is 6.61 Å². The highest BCUT2D eigenvalue weighted by atomic mass is 32.2.